The van der Waals surface area contributed by atoms with Gasteiger partial charge in [0.15, 0.2) is 5.13 Å². The summed E-state index contributed by atoms with van der Waals surface area (Å²) in [6.45, 7) is 10.3. The first kappa shape index (κ1) is 15.5. The molecule has 1 aliphatic heterocycles. The van der Waals surface area contributed by atoms with Crippen molar-refractivity contribution in [3.05, 3.63) is 40.9 Å². The number of aromatic nitrogens is 4. The van der Waals surface area contributed by atoms with Crippen molar-refractivity contribution < 1.29 is 0 Å². The van der Waals surface area contributed by atoms with Gasteiger partial charge >= 0.3 is 0 Å². The quantitative estimate of drug-likeness (QED) is 0.732. The molecule has 3 aromatic rings. The van der Waals surface area contributed by atoms with Crippen LogP contribution in [-0.4, -0.2) is 49.9 Å². The van der Waals surface area contributed by atoms with Gasteiger partial charge in [0.2, 0.25) is 5.78 Å². The summed E-state index contributed by atoms with van der Waals surface area (Å²) < 4.78 is 2.08. The monoisotopic (exact) mass is 342 g/mol. The Morgan fingerprint density at radius 1 is 1.25 bits per heavy atom. The molecule has 0 radical (unpaired) electrons. The summed E-state index contributed by atoms with van der Waals surface area (Å²) in [6, 6.07) is 2.55. The Hall–Kier alpha value is -1.99. The van der Waals surface area contributed by atoms with Gasteiger partial charge in [0.05, 0.1) is 5.69 Å². The third kappa shape index (κ3) is 2.89. The van der Waals surface area contributed by atoms with Gasteiger partial charge in [-0.05, 0) is 26.8 Å². The molecule has 1 saturated heterocycles. The molecule has 0 spiro atoms. The van der Waals surface area contributed by atoms with Crippen LogP contribution in [0, 0.1) is 13.8 Å². The number of rotatable bonds is 3. The molecule has 3 aromatic heterocycles. The van der Waals surface area contributed by atoms with Gasteiger partial charge in [-0.1, -0.05) is 0 Å². The van der Waals surface area contributed by atoms with Crippen molar-refractivity contribution in [1.29, 1.82) is 0 Å². The number of imidazole rings is 1. The molecule has 0 N–H and O–H groups in total. The summed E-state index contributed by atoms with van der Waals surface area (Å²) in [5.74, 6) is 0.803. The average Bonchev–Trinajstić information content (AvgIpc) is 3.17. The van der Waals surface area contributed by atoms with E-state index in [1.54, 1.807) is 11.3 Å². The molecule has 1 aliphatic rings. The van der Waals surface area contributed by atoms with Crippen LogP contribution in [0.25, 0.3) is 5.78 Å². The summed E-state index contributed by atoms with van der Waals surface area (Å²) in [5, 5.41) is 3.17. The zero-order chi connectivity index (χ0) is 16.7. The first-order chi connectivity index (χ1) is 11.6. The van der Waals surface area contributed by atoms with Gasteiger partial charge in [0.25, 0.3) is 0 Å². The topological polar surface area (TPSA) is 49.6 Å². The van der Waals surface area contributed by atoms with Gasteiger partial charge in [0.1, 0.15) is 0 Å². The summed E-state index contributed by atoms with van der Waals surface area (Å²) in [7, 11) is 0. The SMILES string of the molecule is Cc1cc(C)n2cc(CN3CCN(c4nccs4)[C@H](C)C3)nc2n1. The fourth-order valence-electron chi connectivity index (χ4n) is 3.44. The van der Waals surface area contributed by atoms with E-state index < -0.39 is 0 Å². The highest BCUT2D eigenvalue weighted by Gasteiger charge is 2.25. The molecule has 6 nitrogen and oxygen atoms in total. The van der Waals surface area contributed by atoms with Crippen molar-refractivity contribution >= 4 is 22.2 Å². The highest BCUT2D eigenvalue weighted by atomic mass is 32.1. The lowest BCUT2D eigenvalue weighted by Crippen LogP contribution is -2.51. The Bertz CT molecular complexity index is 840. The fraction of sp³-hybridized carbons (Fsp3) is 0.471. The van der Waals surface area contributed by atoms with Crippen LogP contribution in [0.1, 0.15) is 24.0 Å². The number of anilines is 1. The van der Waals surface area contributed by atoms with E-state index >= 15 is 0 Å². The molecule has 0 aliphatic carbocycles. The molecule has 0 bridgehead atoms. The zero-order valence-electron chi connectivity index (χ0n) is 14.3. The first-order valence-corrected chi connectivity index (χ1v) is 9.19. The molecule has 24 heavy (non-hydrogen) atoms. The van der Waals surface area contributed by atoms with Crippen LogP contribution in [0.2, 0.25) is 0 Å². The van der Waals surface area contributed by atoms with E-state index in [-0.39, 0.29) is 0 Å². The van der Waals surface area contributed by atoms with Crippen molar-refractivity contribution in [2.24, 2.45) is 0 Å². The third-order valence-corrected chi connectivity index (χ3v) is 5.38. The number of hydrogen-bond donors (Lipinski definition) is 0. The molecule has 0 amide bonds. The molecule has 0 unspecified atom stereocenters. The van der Waals surface area contributed by atoms with Crippen LogP contribution in [0.4, 0.5) is 5.13 Å². The molecule has 7 heteroatoms. The molecule has 0 aromatic carbocycles. The fourth-order valence-corrected chi connectivity index (χ4v) is 4.21. The maximum Gasteiger partial charge on any atom is 0.234 e. The normalized spacial score (nSPS) is 19.3. The van der Waals surface area contributed by atoms with Gasteiger partial charge in [-0.3, -0.25) is 9.30 Å². The van der Waals surface area contributed by atoms with Crippen LogP contribution >= 0.6 is 11.3 Å². The maximum atomic E-state index is 4.71. The molecular weight excluding hydrogens is 320 g/mol. The minimum atomic E-state index is 0.462. The van der Waals surface area contributed by atoms with Crippen LogP contribution in [0.15, 0.2) is 23.8 Å². The average molecular weight is 342 g/mol. The Balaban J connectivity index is 1.48. The van der Waals surface area contributed by atoms with E-state index in [4.69, 9.17) is 4.98 Å². The second kappa shape index (κ2) is 6.14. The van der Waals surface area contributed by atoms with E-state index in [1.165, 1.54) is 5.69 Å². The predicted octanol–water partition coefficient (Wildman–Crippen LogP) is 2.51. The Morgan fingerprint density at radius 3 is 2.88 bits per heavy atom. The third-order valence-electron chi connectivity index (χ3n) is 4.57. The Labute approximate surface area is 145 Å². The molecule has 4 heterocycles. The van der Waals surface area contributed by atoms with Gasteiger partial charge in [-0.15, -0.1) is 11.3 Å². The summed E-state index contributed by atoms with van der Waals surface area (Å²) in [4.78, 5) is 18.6. The molecule has 0 saturated carbocycles. The minimum Gasteiger partial charge on any atom is -0.343 e. The van der Waals surface area contributed by atoms with Gasteiger partial charge in [0, 0.05) is 61.4 Å². The molecule has 1 atom stereocenters. The largest absolute Gasteiger partial charge is 0.343 e. The lowest BCUT2D eigenvalue weighted by atomic mass is 10.2. The second-order valence-corrected chi connectivity index (χ2v) is 7.41. The standard InChI is InChI=1S/C17H22N6S/c1-12-8-13(2)23-11-15(20-16(23)19-12)10-21-5-6-22(14(3)9-21)17-18-4-7-24-17/h4,7-8,11,14H,5-6,9-10H2,1-3H3/t14-/m1/s1. The van der Waals surface area contributed by atoms with Gasteiger partial charge in [-0.2, -0.15) is 0 Å². The second-order valence-electron chi connectivity index (χ2n) is 6.53. The predicted molar refractivity (Wildman–Crippen MR) is 96.7 cm³/mol. The molecule has 4 rings (SSSR count). The number of fused-ring (bicyclic) bond motifs is 1. The van der Waals surface area contributed by atoms with Crippen molar-refractivity contribution in [1.82, 2.24) is 24.3 Å². The number of nitrogens with zero attached hydrogens (tertiary/aromatic N) is 6. The number of hydrogen-bond acceptors (Lipinski definition) is 6. The summed E-state index contributed by atoms with van der Waals surface area (Å²) in [5.41, 5.74) is 3.28. The van der Waals surface area contributed by atoms with E-state index in [1.807, 2.05) is 18.5 Å². The van der Waals surface area contributed by atoms with Gasteiger partial charge < -0.3 is 4.90 Å². The first-order valence-electron chi connectivity index (χ1n) is 8.31. The zero-order valence-corrected chi connectivity index (χ0v) is 15.1. The van der Waals surface area contributed by atoms with E-state index in [0.29, 0.717) is 6.04 Å². The number of aryl methyl sites for hydroxylation is 2. The van der Waals surface area contributed by atoms with E-state index in [9.17, 15) is 0 Å². The van der Waals surface area contributed by atoms with Crippen LogP contribution < -0.4 is 4.90 Å². The van der Waals surface area contributed by atoms with Crippen molar-refractivity contribution in [2.75, 3.05) is 24.5 Å². The van der Waals surface area contributed by atoms with E-state index in [2.05, 4.69) is 50.3 Å². The highest BCUT2D eigenvalue weighted by Crippen LogP contribution is 2.23. The maximum absolute atomic E-state index is 4.71. The van der Waals surface area contributed by atoms with Crippen molar-refractivity contribution in [3.8, 4) is 0 Å². The molecule has 126 valence electrons. The smallest absolute Gasteiger partial charge is 0.234 e. The van der Waals surface area contributed by atoms with Crippen LogP contribution in [-0.2, 0) is 6.54 Å². The number of piperazine rings is 1. The summed E-state index contributed by atoms with van der Waals surface area (Å²) >= 11 is 1.72. The molecular formula is C17H22N6S. The molecule has 1 fully saturated rings. The summed E-state index contributed by atoms with van der Waals surface area (Å²) in [6.07, 6.45) is 4.00. The Morgan fingerprint density at radius 2 is 2.12 bits per heavy atom. The lowest BCUT2D eigenvalue weighted by Gasteiger charge is -2.39. The lowest BCUT2D eigenvalue weighted by molar-refractivity contribution is 0.219. The van der Waals surface area contributed by atoms with E-state index in [0.717, 1.165) is 48.5 Å². The van der Waals surface area contributed by atoms with Crippen molar-refractivity contribution in [2.45, 2.75) is 33.4 Å². The minimum absolute atomic E-state index is 0.462. The highest BCUT2D eigenvalue weighted by molar-refractivity contribution is 7.13. The number of thiazole rings is 1. The Kier molecular flexibility index (Phi) is 3.97. The van der Waals surface area contributed by atoms with Crippen molar-refractivity contribution in [3.63, 3.8) is 0 Å². The van der Waals surface area contributed by atoms with Crippen LogP contribution in [0.3, 0.4) is 0 Å². The van der Waals surface area contributed by atoms with Gasteiger partial charge in [-0.25, -0.2) is 15.0 Å². The van der Waals surface area contributed by atoms with Crippen LogP contribution in [0.5, 0.6) is 0 Å².